The summed E-state index contributed by atoms with van der Waals surface area (Å²) in [5.74, 6) is 1.01. The number of aromatic nitrogens is 2. The highest BCUT2D eigenvalue weighted by Crippen LogP contribution is 2.21. The smallest absolute Gasteiger partial charge is 0.151 e. The molecule has 0 saturated heterocycles. The van der Waals surface area contributed by atoms with Gasteiger partial charge in [0.25, 0.3) is 0 Å². The zero-order chi connectivity index (χ0) is 14.8. The van der Waals surface area contributed by atoms with Crippen molar-refractivity contribution in [1.82, 2.24) is 9.55 Å². The zero-order valence-electron chi connectivity index (χ0n) is 11.8. The Bertz CT molecular complexity index is 762. The summed E-state index contributed by atoms with van der Waals surface area (Å²) in [6.07, 6.45) is 0.627. The summed E-state index contributed by atoms with van der Waals surface area (Å²) in [6, 6.07) is 13.4. The van der Waals surface area contributed by atoms with E-state index >= 15 is 0 Å². The van der Waals surface area contributed by atoms with E-state index in [4.69, 9.17) is 11.6 Å². The van der Waals surface area contributed by atoms with Gasteiger partial charge in [0.1, 0.15) is 11.3 Å². The number of benzene rings is 2. The van der Waals surface area contributed by atoms with Crippen molar-refractivity contribution in [3.63, 3.8) is 0 Å². The van der Waals surface area contributed by atoms with E-state index in [2.05, 4.69) is 36.2 Å². The summed E-state index contributed by atoms with van der Waals surface area (Å²) >= 11 is 5.85. The molecule has 108 valence electrons. The van der Waals surface area contributed by atoms with E-state index in [0.29, 0.717) is 24.4 Å². The molecule has 0 fully saturated rings. The molecule has 1 aromatic heterocycles. The molecule has 0 saturated carbocycles. The SMILES string of the molecule is Cc1ccc(Cn2c(CCCl)nc3c(F)cccc32)cc1. The van der Waals surface area contributed by atoms with Crippen molar-refractivity contribution in [2.75, 3.05) is 5.88 Å². The highest BCUT2D eigenvalue weighted by atomic mass is 35.5. The minimum Gasteiger partial charge on any atom is -0.323 e. The van der Waals surface area contributed by atoms with E-state index in [0.717, 1.165) is 11.3 Å². The first-order valence-electron chi connectivity index (χ1n) is 6.94. The fourth-order valence-corrected chi connectivity index (χ4v) is 2.66. The molecule has 0 unspecified atom stereocenters. The molecule has 0 N–H and O–H groups in total. The number of hydrogen-bond donors (Lipinski definition) is 0. The van der Waals surface area contributed by atoms with Crippen molar-refractivity contribution in [3.05, 3.63) is 65.2 Å². The van der Waals surface area contributed by atoms with Gasteiger partial charge in [-0.25, -0.2) is 9.37 Å². The van der Waals surface area contributed by atoms with Crippen molar-refractivity contribution in [2.45, 2.75) is 19.9 Å². The number of hydrogen-bond acceptors (Lipinski definition) is 1. The number of alkyl halides is 1. The van der Waals surface area contributed by atoms with Crippen LogP contribution in [-0.4, -0.2) is 15.4 Å². The molecular formula is C17H16ClFN2. The molecule has 0 atom stereocenters. The van der Waals surface area contributed by atoms with E-state index in [1.807, 2.05) is 10.6 Å². The molecule has 0 bridgehead atoms. The largest absolute Gasteiger partial charge is 0.323 e. The van der Waals surface area contributed by atoms with Crippen molar-refractivity contribution >= 4 is 22.6 Å². The second-order valence-corrected chi connectivity index (χ2v) is 5.52. The average molecular weight is 303 g/mol. The lowest BCUT2D eigenvalue weighted by Crippen LogP contribution is -2.06. The fraction of sp³-hybridized carbons (Fsp3) is 0.235. The van der Waals surface area contributed by atoms with Crippen molar-refractivity contribution in [3.8, 4) is 0 Å². The Morgan fingerprint density at radius 1 is 1.14 bits per heavy atom. The molecule has 3 rings (SSSR count). The molecule has 21 heavy (non-hydrogen) atoms. The van der Waals surface area contributed by atoms with Gasteiger partial charge in [-0.15, -0.1) is 11.6 Å². The highest BCUT2D eigenvalue weighted by molar-refractivity contribution is 6.17. The lowest BCUT2D eigenvalue weighted by atomic mass is 10.1. The number of nitrogens with zero attached hydrogens (tertiary/aromatic N) is 2. The third-order valence-electron chi connectivity index (χ3n) is 3.59. The van der Waals surface area contributed by atoms with E-state index < -0.39 is 0 Å². The Labute approximate surface area is 128 Å². The average Bonchev–Trinajstić information content (AvgIpc) is 2.82. The standard InChI is InChI=1S/C17H16ClFN2/c1-12-5-7-13(8-6-12)11-21-15-4-2-3-14(19)17(15)20-16(21)9-10-18/h2-8H,9-11H2,1H3. The topological polar surface area (TPSA) is 17.8 Å². The molecule has 2 nitrogen and oxygen atoms in total. The van der Waals surface area contributed by atoms with Gasteiger partial charge in [0.2, 0.25) is 0 Å². The molecule has 0 spiro atoms. The van der Waals surface area contributed by atoms with Gasteiger partial charge in [-0.3, -0.25) is 0 Å². The van der Waals surface area contributed by atoms with Gasteiger partial charge in [-0.05, 0) is 24.6 Å². The van der Waals surface area contributed by atoms with Crippen LogP contribution < -0.4 is 0 Å². The van der Waals surface area contributed by atoms with Gasteiger partial charge in [0.05, 0.1) is 5.52 Å². The van der Waals surface area contributed by atoms with Crippen molar-refractivity contribution in [2.24, 2.45) is 0 Å². The number of para-hydroxylation sites is 1. The molecule has 0 aliphatic carbocycles. The lowest BCUT2D eigenvalue weighted by molar-refractivity contribution is 0.637. The number of imidazole rings is 1. The summed E-state index contributed by atoms with van der Waals surface area (Å²) in [4.78, 5) is 4.42. The summed E-state index contributed by atoms with van der Waals surface area (Å²) < 4.78 is 15.9. The second-order valence-electron chi connectivity index (χ2n) is 5.15. The highest BCUT2D eigenvalue weighted by Gasteiger charge is 2.13. The van der Waals surface area contributed by atoms with Gasteiger partial charge in [-0.2, -0.15) is 0 Å². The Kier molecular flexibility index (Phi) is 3.93. The third-order valence-corrected chi connectivity index (χ3v) is 3.78. The molecule has 3 aromatic rings. The van der Waals surface area contributed by atoms with Crippen LogP contribution in [0.3, 0.4) is 0 Å². The maximum Gasteiger partial charge on any atom is 0.151 e. The molecule has 2 aromatic carbocycles. The van der Waals surface area contributed by atoms with Crippen LogP contribution in [0, 0.1) is 12.7 Å². The number of fused-ring (bicyclic) bond motifs is 1. The molecule has 0 radical (unpaired) electrons. The van der Waals surface area contributed by atoms with E-state index in [1.165, 1.54) is 17.2 Å². The summed E-state index contributed by atoms with van der Waals surface area (Å²) in [7, 11) is 0. The fourth-order valence-electron chi connectivity index (χ4n) is 2.49. The van der Waals surface area contributed by atoms with Gasteiger partial charge in [0, 0.05) is 18.8 Å². The van der Waals surface area contributed by atoms with Crippen LogP contribution in [0.4, 0.5) is 4.39 Å². The summed E-state index contributed by atoms with van der Waals surface area (Å²) in [5, 5.41) is 0. The van der Waals surface area contributed by atoms with Gasteiger partial charge < -0.3 is 4.57 Å². The molecule has 0 aliphatic rings. The van der Waals surface area contributed by atoms with E-state index in [9.17, 15) is 4.39 Å². The molecule has 0 aliphatic heterocycles. The maximum absolute atomic E-state index is 13.9. The third kappa shape index (κ3) is 2.79. The van der Waals surface area contributed by atoms with Crippen molar-refractivity contribution in [1.29, 1.82) is 0 Å². The van der Waals surface area contributed by atoms with Gasteiger partial charge in [-0.1, -0.05) is 35.9 Å². The minimum atomic E-state index is -0.286. The molecule has 4 heteroatoms. The summed E-state index contributed by atoms with van der Waals surface area (Å²) in [5.41, 5.74) is 3.63. The zero-order valence-corrected chi connectivity index (χ0v) is 12.6. The Morgan fingerprint density at radius 2 is 1.90 bits per heavy atom. The van der Waals surface area contributed by atoms with Crippen LogP contribution in [0.5, 0.6) is 0 Å². The lowest BCUT2D eigenvalue weighted by Gasteiger charge is -2.09. The van der Waals surface area contributed by atoms with Crippen LogP contribution in [0.1, 0.15) is 17.0 Å². The minimum absolute atomic E-state index is 0.286. The van der Waals surface area contributed by atoms with Crippen LogP contribution in [0.15, 0.2) is 42.5 Å². The van der Waals surface area contributed by atoms with E-state index in [1.54, 1.807) is 6.07 Å². The Balaban J connectivity index is 2.08. The Hall–Kier alpha value is -1.87. The first-order valence-corrected chi connectivity index (χ1v) is 7.47. The predicted octanol–water partition coefficient (Wildman–Crippen LogP) is 4.31. The molecule has 1 heterocycles. The first-order chi connectivity index (χ1) is 10.2. The normalized spacial score (nSPS) is 11.2. The van der Waals surface area contributed by atoms with Crippen LogP contribution in [0.25, 0.3) is 11.0 Å². The molecule has 0 amide bonds. The second kappa shape index (κ2) is 5.86. The monoisotopic (exact) mass is 302 g/mol. The van der Waals surface area contributed by atoms with Gasteiger partial charge in [0.15, 0.2) is 5.82 Å². The van der Waals surface area contributed by atoms with Crippen LogP contribution in [-0.2, 0) is 13.0 Å². The number of aryl methyl sites for hydroxylation is 2. The van der Waals surface area contributed by atoms with Crippen LogP contribution >= 0.6 is 11.6 Å². The maximum atomic E-state index is 13.9. The molecular weight excluding hydrogens is 287 g/mol. The van der Waals surface area contributed by atoms with Crippen LogP contribution in [0.2, 0.25) is 0 Å². The van der Waals surface area contributed by atoms with Gasteiger partial charge >= 0.3 is 0 Å². The predicted molar refractivity (Wildman–Crippen MR) is 84.4 cm³/mol. The number of halogens is 2. The van der Waals surface area contributed by atoms with E-state index in [-0.39, 0.29) is 5.82 Å². The number of rotatable bonds is 4. The van der Waals surface area contributed by atoms with Crippen molar-refractivity contribution < 1.29 is 4.39 Å². The quantitative estimate of drug-likeness (QED) is 0.657. The Morgan fingerprint density at radius 3 is 2.62 bits per heavy atom. The summed E-state index contributed by atoms with van der Waals surface area (Å²) in [6.45, 7) is 2.73. The first kappa shape index (κ1) is 14.1.